The third-order valence-electron chi connectivity index (χ3n) is 5.21. The van der Waals surface area contributed by atoms with Crippen molar-refractivity contribution in [1.82, 2.24) is 14.9 Å². The van der Waals surface area contributed by atoms with E-state index in [1.807, 2.05) is 59.2 Å². The van der Waals surface area contributed by atoms with Crippen LogP contribution in [0.4, 0.5) is 4.39 Å². The number of benzene rings is 3. The second-order valence-electron chi connectivity index (χ2n) is 7.32. The van der Waals surface area contributed by atoms with Gasteiger partial charge in [-0.25, -0.2) is 9.37 Å². The monoisotopic (exact) mass is 417 g/mol. The van der Waals surface area contributed by atoms with E-state index in [-0.39, 0.29) is 11.7 Å². The molecule has 3 aromatic carbocycles. The lowest BCUT2D eigenvalue weighted by Crippen LogP contribution is -2.28. The minimum Gasteiger partial charge on any atom is -0.497 e. The maximum atomic E-state index is 14.2. The van der Waals surface area contributed by atoms with Gasteiger partial charge in [-0.1, -0.05) is 42.5 Å². The van der Waals surface area contributed by atoms with Crippen LogP contribution in [-0.2, 0) is 24.2 Å². The summed E-state index contributed by atoms with van der Waals surface area (Å²) in [6, 6.07) is 22.0. The zero-order valence-electron chi connectivity index (χ0n) is 17.3. The van der Waals surface area contributed by atoms with Gasteiger partial charge in [0.1, 0.15) is 17.4 Å². The smallest absolute Gasteiger partial charge is 0.224 e. The highest BCUT2D eigenvalue weighted by Gasteiger charge is 2.13. The molecule has 0 radical (unpaired) electrons. The standard InChI is InChI=1S/C25H24FN3O2/c1-31-20-12-10-18(11-13-20)16-25(30)27-15-14-24-28-22-8-4-5-9-23(22)29(24)17-19-6-2-3-7-21(19)26/h2-13H,14-17H2,1H3,(H,27,30). The molecule has 0 aliphatic heterocycles. The van der Waals surface area contributed by atoms with Crippen LogP contribution >= 0.6 is 0 Å². The Labute approximate surface area is 180 Å². The summed E-state index contributed by atoms with van der Waals surface area (Å²) in [7, 11) is 1.61. The number of ether oxygens (including phenoxy) is 1. The predicted octanol–water partition coefficient (Wildman–Crippen LogP) is 4.13. The van der Waals surface area contributed by atoms with Crippen LogP contribution in [0, 0.1) is 5.82 Å². The second kappa shape index (κ2) is 9.43. The molecule has 0 bridgehead atoms. The van der Waals surface area contributed by atoms with Gasteiger partial charge < -0.3 is 14.6 Å². The first-order chi connectivity index (χ1) is 15.1. The highest BCUT2D eigenvalue weighted by molar-refractivity contribution is 5.78. The van der Waals surface area contributed by atoms with Gasteiger partial charge in [0.15, 0.2) is 0 Å². The van der Waals surface area contributed by atoms with Crippen molar-refractivity contribution in [3.05, 3.63) is 95.6 Å². The number of hydrogen-bond acceptors (Lipinski definition) is 3. The Kier molecular flexibility index (Phi) is 6.26. The van der Waals surface area contributed by atoms with Crippen LogP contribution in [0.3, 0.4) is 0 Å². The molecule has 1 N–H and O–H groups in total. The highest BCUT2D eigenvalue weighted by Crippen LogP contribution is 2.19. The molecule has 4 aromatic rings. The minimum atomic E-state index is -0.237. The lowest BCUT2D eigenvalue weighted by Gasteiger charge is -2.11. The van der Waals surface area contributed by atoms with Crippen LogP contribution in [0.1, 0.15) is 17.0 Å². The quantitative estimate of drug-likeness (QED) is 0.469. The number of fused-ring (bicyclic) bond motifs is 1. The van der Waals surface area contributed by atoms with Crippen molar-refractivity contribution < 1.29 is 13.9 Å². The first kappa shape index (κ1) is 20.6. The largest absolute Gasteiger partial charge is 0.497 e. The van der Waals surface area contributed by atoms with E-state index in [1.54, 1.807) is 19.2 Å². The molecule has 0 aliphatic carbocycles. The van der Waals surface area contributed by atoms with E-state index in [2.05, 4.69) is 5.32 Å². The molecule has 0 unspecified atom stereocenters. The molecule has 4 rings (SSSR count). The van der Waals surface area contributed by atoms with E-state index in [0.29, 0.717) is 31.5 Å². The Hall–Kier alpha value is -3.67. The Balaban J connectivity index is 1.44. The number of imidazole rings is 1. The van der Waals surface area contributed by atoms with E-state index < -0.39 is 0 Å². The molecular weight excluding hydrogens is 393 g/mol. The number of amides is 1. The number of aromatic nitrogens is 2. The molecule has 6 heteroatoms. The molecule has 0 fully saturated rings. The third-order valence-corrected chi connectivity index (χ3v) is 5.21. The van der Waals surface area contributed by atoms with Gasteiger partial charge >= 0.3 is 0 Å². The Morgan fingerprint density at radius 1 is 1.03 bits per heavy atom. The van der Waals surface area contributed by atoms with Crippen molar-refractivity contribution in [2.75, 3.05) is 13.7 Å². The van der Waals surface area contributed by atoms with E-state index >= 15 is 0 Å². The maximum Gasteiger partial charge on any atom is 0.224 e. The molecule has 1 amide bonds. The number of carbonyl (C=O) groups excluding carboxylic acids is 1. The molecule has 158 valence electrons. The fourth-order valence-electron chi connectivity index (χ4n) is 3.59. The first-order valence-corrected chi connectivity index (χ1v) is 10.2. The number of carbonyl (C=O) groups is 1. The molecule has 0 aliphatic rings. The summed E-state index contributed by atoms with van der Waals surface area (Å²) in [4.78, 5) is 17.0. The molecule has 0 saturated heterocycles. The Morgan fingerprint density at radius 3 is 2.55 bits per heavy atom. The SMILES string of the molecule is COc1ccc(CC(=O)NCCc2nc3ccccc3n2Cc2ccccc2F)cc1. The van der Waals surface area contributed by atoms with Gasteiger partial charge in [0, 0.05) is 18.5 Å². The molecule has 31 heavy (non-hydrogen) atoms. The maximum absolute atomic E-state index is 14.2. The average molecular weight is 417 g/mol. The molecule has 1 aromatic heterocycles. The van der Waals surface area contributed by atoms with Crippen LogP contribution in [0.5, 0.6) is 5.75 Å². The van der Waals surface area contributed by atoms with Gasteiger partial charge in [0.2, 0.25) is 5.91 Å². The first-order valence-electron chi connectivity index (χ1n) is 10.2. The molecule has 0 spiro atoms. The van der Waals surface area contributed by atoms with Crippen LogP contribution < -0.4 is 10.1 Å². The van der Waals surface area contributed by atoms with Crippen molar-refractivity contribution in [2.45, 2.75) is 19.4 Å². The van der Waals surface area contributed by atoms with Gasteiger partial charge in [-0.2, -0.15) is 0 Å². The number of nitrogens with one attached hydrogen (secondary N) is 1. The van der Waals surface area contributed by atoms with E-state index in [0.717, 1.165) is 28.2 Å². The summed E-state index contributed by atoms with van der Waals surface area (Å²) >= 11 is 0. The molecule has 0 saturated carbocycles. The summed E-state index contributed by atoms with van der Waals surface area (Å²) < 4.78 is 21.4. The van der Waals surface area contributed by atoms with E-state index in [9.17, 15) is 9.18 Å². The van der Waals surface area contributed by atoms with Gasteiger partial charge in [-0.05, 0) is 35.9 Å². The molecule has 0 atom stereocenters. The van der Waals surface area contributed by atoms with E-state index in [1.165, 1.54) is 6.07 Å². The second-order valence-corrected chi connectivity index (χ2v) is 7.32. The summed E-state index contributed by atoms with van der Waals surface area (Å²) in [5.41, 5.74) is 3.34. The summed E-state index contributed by atoms with van der Waals surface area (Å²) in [6.07, 6.45) is 0.854. The summed E-state index contributed by atoms with van der Waals surface area (Å²) in [5, 5.41) is 2.96. The average Bonchev–Trinajstić information content (AvgIpc) is 3.13. The summed E-state index contributed by atoms with van der Waals surface area (Å²) in [5.74, 6) is 1.29. The normalized spacial score (nSPS) is 10.9. The molecular formula is C25H24FN3O2. The zero-order chi connectivity index (χ0) is 21.6. The number of methoxy groups -OCH3 is 1. The van der Waals surface area contributed by atoms with E-state index in [4.69, 9.17) is 9.72 Å². The number of halogens is 1. The number of hydrogen-bond donors (Lipinski definition) is 1. The van der Waals surface area contributed by atoms with Crippen LogP contribution in [-0.4, -0.2) is 29.1 Å². The van der Waals surface area contributed by atoms with Crippen molar-refractivity contribution in [1.29, 1.82) is 0 Å². The minimum absolute atomic E-state index is 0.0538. The highest BCUT2D eigenvalue weighted by atomic mass is 19.1. The summed E-state index contributed by atoms with van der Waals surface area (Å²) in [6.45, 7) is 0.845. The van der Waals surface area contributed by atoms with Crippen molar-refractivity contribution in [3.63, 3.8) is 0 Å². The van der Waals surface area contributed by atoms with Gasteiger partial charge in [0.05, 0.1) is 31.1 Å². The lowest BCUT2D eigenvalue weighted by atomic mass is 10.1. The fourth-order valence-corrected chi connectivity index (χ4v) is 3.59. The lowest BCUT2D eigenvalue weighted by molar-refractivity contribution is -0.120. The number of rotatable bonds is 8. The van der Waals surface area contributed by atoms with Gasteiger partial charge in [-0.3, -0.25) is 4.79 Å². The number of nitrogens with zero attached hydrogens (tertiary/aromatic N) is 2. The predicted molar refractivity (Wildman–Crippen MR) is 119 cm³/mol. The van der Waals surface area contributed by atoms with Crippen molar-refractivity contribution in [3.8, 4) is 5.75 Å². The van der Waals surface area contributed by atoms with Crippen molar-refractivity contribution in [2.24, 2.45) is 0 Å². The third kappa shape index (κ3) is 4.91. The topological polar surface area (TPSA) is 56.1 Å². The Bertz CT molecular complexity index is 1190. The number of para-hydroxylation sites is 2. The zero-order valence-corrected chi connectivity index (χ0v) is 17.3. The molecule has 5 nitrogen and oxygen atoms in total. The van der Waals surface area contributed by atoms with Crippen LogP contribution in [0.25, 0.3) is 11.0 Å². The molecule has 1 heterocycles. The van der Waals surface area contributed by atoms with Crippen LogP contribution in [0.2, 0.25) is 0 Å². The Morgan fingerprint density at radius 2 is 1.77 bits per heavy atom. The fraction of sp³-hybridized carbons (Fsp3) is 0.200. The van der Waals surface area contributed by atoms with Gasteiger partial charge in [0.25, 0.3) is 0 Å². The van der Waals surface area contributed by atoms with Gasteiger partial charge in [-0.15, -0.1) is 0 Å². The van der Waals surface area contributed by atoms with Crippen LogP contribution in [0.15, 0.2) is 72.8 Å². The van der Waals surface area contributed by atoms with Crippen molar-refractivity contribution >= 4 is 16.9 Å².